The topological polar surface area (TPSA) is 39.6 Å². The Hall–Kier alpha value is -1.43. The number of hydrogen-bond donors (Lipinski definition) is 1. The maximum absolute atomic E-state index is 11.0. The second kappa shape index (κ2) is 8.60. The fourth-order valence-corrected chi connectivity index (χ4v) is 4.92. The molecule has 1 aromatic carbocycles. The number of benzene rings is 1. The Bertz CT molecular complexity index is 830. The Morgan fingerprint density at radius 1 is 0.967 bits per heavy atom. The zero-order chi connectivity index (χ0) is 22.3. The molecule has 0 atom stereocenters. The minimum atomic E-state index is -0.130. The van der Waals surface area contributed by atoms with Crippen LogP contribution in [0, 0.1) is 0 Å². The molecule has 3 rings (SSSR count). The predicted molar refractivity (Wildman–Crippen MR) is 129 cm³/mol. The van der Waals surface area contributed by atoms with Gasteiger partial charge in [0.2, 0.25) is 0 Å². The van der Waals surface area contributed by atoms with E-state index in [1.165, 1.54) is 5.01 Å². The van der Waals surface area contributed by atoms with Gasteiger partial charge >= 0.3 is 0 Å². The molecule has 0 spiro atoms. The predicted octanol–water partition coefficient (Wildman–Crippen LogP) is 5.64. The number of nitrogens with zero attached hydrogens (tertiary/aromatic N) is 3. The highest BCUT2D eigenvalue weighted by molar-refractivity contribution is 7.09. The Labute approximate surface area is 186 Å². The summed E-state index contributed by atoms with van der Waals surface area (Å²) in [6, 6.07) is 4.89. The van der Waals surface area contributed by atoms with E-state index < -0.39 is 0 Å². The van der Waals surface area contributed by atoms with E-state index in [1.54, 1.807) is 11.3 Å². The first-order chi connectivity index (χ1) is 13.9. The van der Waals surface area contributed by atoms with E-state index in [2.05, 4.69) is 82.7 Å². The lowest BCUT2D eigenvalue weighted by Crippen LogP contribution is -2.48. The Morgan fingerprint density at radius 2 is 1.50 bits per heavy atom. The first kappa shape index (κ1) is 23.2. The number of phenolic OH excluding ortho intramolecular Hbond substituents is 1. The van der Waals surface area contributed by atoms with Crippen LogP contribution in [-0.4, -0.2) is 52.1 Å². The maximum atomic E-state index is 11.0. The molecule has 0 amide bonds. The van der Waals surface area contributed by atoms with Crippen molar-refractivity contribution < 1.29 is 5.11 Å². The Balaban J connectivity index is 1.84. The number of aromatic nitrogens is 1. The lowest BCUT2D eigenvalue weighted by Gasteiger charge is -2.36. The number of rotatable bonds is 4. The maximum Gasteiger partial charge on any atom is 0.123 e. The first-order valence-electron chi connectivity index (χ1n) is 11.2. The fraction of sp³-hybridized carbons (Fsp3) is 0.640. The van der Waals surface area contributed by atoms with Crippen molar-refractivity contribution in [2.45, 2.75) is 78.8 Å². The largest absolute Gasteiger partial charge is 0.507 e. The molecule has 1 aromatic heterocycles. The van der Waals surface area contributed by atoms with Crippen LogP contribution in [0.3, 0.4) is 0 Å². The van der Waals surface area contributed by atoms with Crippen LogP contribution in [-0.2, 0) is 17.4 Å². The molecule has 0 aliphatic carbocycles. The van der Waals surface area contributed by atoms with E-state index in [0.29, 0.717) is 11.8 Å². The molecule has 1 N–H and O–H groups in total. The van der Waals surface area contributed by atoms with Crippen molar-refractivity contribution in [1.29, 1.82) is 0 Å². The van der Waals surface area contributed by atoms with Crippen molar-refractivity contribution in [3.63, 3.8) is 0 Å². The number of thiazole rings is 1. The summed E-state index contributed by atoms with van der Waals surface area (Å²) in [5.74, 6) is 0.428. The normalized spacial score (nSPS) is 17.1. The van der Waals surface area contributed by atoms with Crippen LogP contribution < -0.4 is 0 Å². The zero-order valence-electron chi connectivity index (χ0n) is 20.0. The molecule has 4 nitrogen and oxygen atoms in total. The van der Waals surface area contributed by atoms with Crippen LogP contribution in [0.15, 0.2) is 17.5 Å². The second-order valence-electron chi connectivity index (χ2n) is 11.0. The molecule has 2 aromatic rings. The summed E-state index contributed by atoms with van der Waals surface area (Å²) in [5.41, 5.74) is 3.85. The summed E-state index contributed by atoms with van der Waals surface area (Å²) in [4.78, 5) is 10.0. The van der Waals surface area contributed by atoms with E-state index >= 15 is 0 Å². The van der Waals surface area contributed by atoms with E-state index in [1.807, 2.05) is 0 Å². The average molecular weight is 430 g/mol. The molecule has 0 bridgehead atoms. The molecule has 30 heavy (non-hydrogen) atoms. The molecule has 5 heteroatoms. The minimum Gasteiger partial charge on any atom is -0.507 e. The Morgan fingerprint density at radius 3 is 1.97 bits per heavy atom. The first-order valence-corrected chi connectivity index (χ1v) is 12.0. The second-order valence-corrected chi connectivity index (χ2v) is 11.9. The quantitative estimate of drug-likeness (QED) is 0.683. The highest BCUT2D eigenvalue weighted by Crippen LogP contribution is 2.42. The molecule has 1 fully saturated rings. The smallest absolute Gasteiger partial charge is 0.123 e. The molecule has 1 saturated heterocycles. The van der Waals surface area contributed by atoms with Crippen LogP contribution >= 0.6 is 11.3 Å². The van der Waals surface area contributed by atoms with Gasteiger partial charge in [0.15, 0.2) is 0 Å². The van der Waals surface area contributed by atoms with Gasteiger partial charge in [0.1, 0.15) is 10.8 Å². The molecule has 1 aliphatic heterocycles. The van der Waals surface area contributed by atoms with Gasteiger partial charge in [0, 0.05) is 54.3 Å². The summed E-state index contributed by atoms with van der Waals surface area (Å²) < 4.78 is 0. The van der Waals surface area contributed by atoms with Crippen LogP contribution in [0.5, 0.6) is 5.75 Å². The van der Waals surface area contributed by atoms with Crippen LogP contribution in [0.2, 0.25) is 0 Å². The van der Waals surface area contributed by atoms with Gasteiger partial charge < -0.3 is 5.11 Å². The summed E-state index contributed by atoms with van der Waals surface area (Å²) in [7, 11) is 0. The summed E-state index contributed by atoms with van der Waals surface area (Å²) in [5, 5.41) is 14.3. The van der Waals surface area contributed by atoms with E-state index in [0.717, 1.165) is 55.1 Å². The lowest BCUT2D eigenvalue weighted by molar-refractivity contribution is 0.104. The van der Waals surface area contributed by atoms with Gasteiger partial charge in [-0.2, -0.15) is 0 Å². The van der Waals surface area contributed by atoms with Gasteiger partial charge in [-0.25, -0.2) is 4.98 Å². The monoisotopic (exact) mass is 429 g/mol. The molecular weight excluding hydrogens is 390 g/mol. The molecule has 0 unspecified atom stereocenters. The number of phenols is 1. The van der Waals surface area contributed by atoms with Crippen molar-refractivity contribution in [1.82, 2.24) is 14.8 Å². The molecule has 166 valence electrons. The minimum absolute atomic E-state index is 0.130. The fourth-order valence-electron chi connectivity index (χ4n) is 4.07. The summed E-state index contributed by atoms with van der Waals surface area (Å²) in [6.45, 7) is 22.9. The van der Waals surface area contributed by atoms with Gasteiger partial charge in [0.05, 0.1) is 12.2 Å². The number of hydrogen-bond acceptors (Lipinski definition) is 5. The van der Waals surface area contributed by atoms with Gasteiger partial charge in [0.25, 0.3) is 0 Å². The van der Waals surface area contributed by atoms with Crippen LogP contribution in [0.1, 0.15) is 71.5 Å². The third kappa shape index (κ3) is 5.24. The number of piperazine rings is 1. The summed E-state index contributed by atoms with van der Waals surface area (Å²) >= 11 is 1.75. The zero-order valence-corrected chi connectivity index (χ0v) is 20.9. The van der Waals surface area contributed by atoms with Gasteiger partial charge in [-0.05, 0) is 36.8 Å². The molecule has 0 saturated carbocycles. The SMILES string of the molecule is CC(C)N1CCN(Cc2nc(-c3cc(C(C)(C)C)c(O)c(C(C)(C)C)c3)cs2)CC1. The van der Waals surface area contributed by atoms with Crippen molar-refractivity contribution in [3.05, 3.63) is 33.6 Å². The third-order valence-electron chi connectivity index (χ3n) is 6.07. The van der Waals surface area contributed by atoms with Crippen molar-refractivity contribution >= 4 is 11.3 Å². The highest BCUT2D eigenvalue weighted by atomic mass is 32.1. The van der Waals surface area contributed by atoms with Gasteiger partial charge in [-0.1, -0.05) is 41.5 Å². The lowest BCUT2D eigenvalue weighted by atomic mass is 9.78. The van der Waals surface area contributed by atoms with Crippen LogP contribution in [0.4, 0.5) is 0 Å². The van der Waals surface area contributed by atoms with Crippen molar-refractivity contribution in [3.8, 4) is 17.0 Å². The average Bonchev–Trinajstić information content (AvgIpc) is 3.09. The van der Waals surface area contributed by atoms with Gasteiger partial charge in [-0.3, -0.25) is 9.80 Å². The molecular formula is C25H39N3OS. The van der Waals surface area contributed by atoms with Crippen LogP contribution in [0.25, 0.3) is 11.3 Å². The van der Waals surface area contributed by atoms with E-state index in [4.69, 9.17) is 4.98 Å². The highest BCUT2D eigenvalue weighted by Gasteiger charge is 2.27. The Kier molecular flexibility index (Phi) is 6.66. The van der Waals surface area contributed by atoms with E-state index in [-0.39, 0.29) is 10.8 Å². The summed E-state index contributed by atoms with van der Waals surface area (Å²) in [6.07, 6.45) is 0. The van der Waals surface area contributed by atoms with Gasteiger partial charge in [-0.15, -0.1) is 11.3 Å². The van der Waals surface area contributed by atoms with Crippen molar-refractivity contribution in [2.24, 2.45) is 0 Å². The molecule has 1 aliphatic rings. The molecule has 2 heterocycles. The van der Waals surface area contributed by atoms with E-state index in [9.17, 15) is 5.11 Å². The third-order valence-corrected chi connectivity index (χ3v) is 6.90. The number of aromatic hydroxyl groups is 1. The standard InChI is InChI=1S/C25H39N3OS/c1-17(2)28-11-9-27(10-12-28)15-22-26-21(16-30-22)18-13-19(24(3,4)5)23(29)20(14-18)25(6,7)8/h13-14,16-17,29H,9-12,15H2,1-8H3. The van der Waals surface area contributed by atoms with Crippen molar-refractivity contribution in [2.75, 3.05) is 26.2 Å². The molecule has 0 radical (unpaired) electrons.